The van der Waals surface area contributed by atoms with Crippen LogP contribution in [0.3, 0.4) is 0 Å². The average molecular weight is 360 g/mol. The van der Waals surface area contributed by atoms with E-state index in [4.69, 9.17) is 9.84 Å². The molecule has 0 aromatic heterocycles. The molecule has 1 aromatic carbocycles. The molecule has 0 spiro atoms. The third kappa shape index (κ3) is 4.49. The van der Waals surface area contributed by atoms with Crippen molar-refractivity contribution in [1.29, 1.82) is 0 Å². The first-order valence-electron chi connectivity index (χ1n) is 7.16. The van der Waals surface area contributed by atoms with Crippen molar-refractivity contribution >= 4 is 21.9 Å². The van der Waals surface area contributed by atoms with E-state index in [2.05, 4.69) is 4.72 Å². The molecule has 0 aliphatic carbocycles. The van der Waals surface area contributed by atoms with Gasteiger partial charge in [-0.15, -0.1) is 0 Å². The van der Waals surface area contributed by atoms with Gasteiger partial charge in [-0.25, -0.2) is 22.3 Å². The molecule has 1 amide bonds. The Morgan fingerprint density at radius 2 is 2.00 bits per heavy atom. The van der Waals surface area contributed by atoms with Gasteiger partial charge in [0, 0.05) is 19.5 Å². The Labute approximate surface area is 138 Å². The number of carboxylic acids is 1. The van der Waals surface area contributed by atoms with Crippen LogP contribution >= 0.6 is 0 Å². The van der Waals surface area contributed by atoms with Crippen LogP contribution in [0.4, 0.5) is 4.39 Å². The number of hydrogen-bond acceptors (Lipinski definition) is 5. The highest BCUT2D eigenvalue weighted by Gasteiger charge is 2.32. The van der Waals surface area contributed by atoms with Crippen LogP contribution in [0.25, 0.3) is 0 Å². The average Bonchev–Trinajstić information content (AvgIpc) is 2.55. The minimum Gasteiger partial charge on any atom is -0.480 e. The number of rotatable bonds is 6. The second-order valence-electron chi connectivity index (χ2n) is 5.12. The lowest BCUT2D eigenvalue weighted by atomic mass is 10.2. The number of ether oxygens (including phenoxy) is 1. The third-order valence-electron chi connectivity index (χ3n) is 3.49. The summed E-state index contributed by atoms with van der Waals surface area (Å²) in [6.07, 6.45) is -0.190. The molecular formula is C14H17FN2O6S. The number of benzene rings is 1. The maximum atomic E-state index is 12.8. The van der Waals surface area contributed by atoms with Crippen molar-refractivity contribution in [2.45, 2.75) is 17.4 Å². The number of carbonyl (C=O) groups excluding carboxylic acids is 1. The lowest BCUT2D eigenvalue weighted by molar-refractivity contribution is -0.158. The van der Waals surface area contributed by atoms with Crippen molar-refractivity contribution in [2.24, 2.45) is 0 Å². The van der Waals surface area contributed by atoms with Crippen molar-refractivity contribution in [3.05, 3.63) is 30.1 Å². The molecule has 24 heavy (non-hydrogen) atoms. The Morgan fingerprint density at radius 3 is 2.62 bits per heavy atom. The summed E-state index contributed by atoms with van der Waals surface area (Å²) in [6.45, 7) is 0.0853. The number of aliphatic carboxylic acids is 1. The SMILES string of the molecule is O=C(O)C1COCCN1C(=O)CCNS(=O)(=O)c1ccc(F)cc1. The van der Waals surface area contributed by atoms with Crippen LogP contribution in [-0.4, -0.2) is 62.6 Å². The van der Waals surface area contributed by atoms with Crippen LogP contribution in [0, 0.1) is 5.82 Å². The predicted octanol–water partition coefficient (Wildman–Crippen LogP) is -0.194. The Morgan fingerprint density at radius 1 is 1.33 bits per heavy atom. The number of nitrogens with one attached hydrogen (secondary N) is 1. The number of hydrogen-bond donors (Lipinski definition) is 2. The van der Waals surface area contributed by atoms with Gasteiger partial charge in [-0.3, -0.25) is 4.79 Å². The standard InChI is InChI=1S/C14H17FN2O6S/c15-10-1-3-11(4-2-10)24(21,22)16-6-5-13(18)17-7-8-23-9-12(17)14(19)20/h1-4,12,16H,5-9H2,(H,19,20). The maximum absolute atomic E-state index is 12.8. The van der Waals surface area contributed by atoms with E-state index in [-0.39, 0.29) is 37.6 Å². The molecule has 1 fully saturated rings. The maximum Gasteiger partial charge on any atom is 0.328 e. The van der Waals surface area contributed by atoms with Crippen LogP contribution in [0.15, 0.2) is 29.2 Å². The first kappa shape index (κ1) is 18.3. The minimum atomic E-state index is -3.86. The van der Waals surface area contributed by atoms with Crippen molar-refractivity contribution < 1.29 is 32.2 Å². The highest BCUT2D eigenvalue weighted by atomic mass is 32.2. The van der Waals surface area contributed by atoms with Gasteiger partial charge in [-0.1, -0.05) is 0 Å². The molecule has 1 heterocycles. The van der Waals surface area contributed by atoms with Gasteiger partial charge in [0.05, 0.1) is 18.1 Å². The molecular weight excluding hydrogens is 343 g/mol. The van der Waals surface area contributed by atoms with Gasteiger partial charge in [0.2, 0.25) is 15.9 Å². The van der Waals surface area contributed by atoms with Crippen molar-refractivity contribution in [1.82, 2.24) is 9.62 Å². The van der Waals surface area contributed by atoms with Crippen LogP contribution in [-0.2, 0) is 24.3 Å². The van der Waals surface area contributed by atoms with Gasteiger partial charge < -0.3 is 14.7 Å². The molecule has 1 aromatic rings. The molecule has 1 unspecified atom stereocenters. The topological polar surface area (TPSA) is 113 Å². The zero-order valence-corrected chi connectivity index (χ0v) is 13.5. The molecule has 2 N–H and O–H groups in total. The van der Waals surface area contributed by atoms with Crippen LogP contribution in [0.1, 0.15) is 6.42 Å². The fraction of sp³-hybridized carbons (Fsp3) is 0.429. The van der Waals surface area contributed by atoms with E-state index in [9.17, 15) is 22.4 Å². The minimum absolute atomic E-state index is 0.0949. The third-order valence-corrected chi connectivity index (χ3v) is 4.97. The smallest absolute Gasteiger partial charge is 0.328 e. The van der Waals surface area contributed by atoms with E-state index < -0.39 is 33.8 Å². The number of carbonyl (C=O) groups is 2. The van der Waals surface area contributed by atoms with E-state index in [1.807, 2.05) is 0 Å². The predicted molar refractivity (Wildman–Crippen MR) is 80.2 cm³/mol. The lowest BCUT2D eigenvalue weighted by Crippen LogP contribution is -2.53. The van der Waals surface area contributed by atoms with E-state index in [0.717, 1.165) is 29.2 Å². The number of carboxylic acid groups (broad SMARTS) is 1. The molecule has 0 saturated carbocycles. The van der Waals surface area contributed by atoms with Gasteiger partial charge in [-0.05, 0) is 24.3 Å². The Bertz CT molecular complexity index is 706. The van der Waals surface area contributed by atoms with E-state index in [1.165, 1.54) is 0 Å². The fourth-order valence-corrected chi connectivity index (χ4v) is 3.27. The molecule has 1 atom stereocenters. The van der Waals surface area contributed by atoms with Gasteiger partial charge >= 0.3 is 5.97 Å². The molecule has 132 valence electrons. The fourth-order valence-electron chi connectivity index (χ4n) is 2.24. The number of amides is 1. The Hall–Kier alpha value is -2.04. The van der Waals surface area contributed by atoms with Gasteiger partial charge in [0.25, 0.3) is 0 Å². The molecule has 0 radical (unpaired) electrons. The van der Waals surface area contributed by atoms with E-state index in [0.29, 0.717) is 0 Å². The van der Waals surface area contributed by atoms with Crippen LogP contribution < -0.4 is 4.72 Å². The first-order valence-corrected chi connectivity index (χ1v) is 8.65. The number of halogens is 1. The van der Waals surface area contributed by atoms with Crippen molar-refractivity contribution in [3.63, 3.8) is 0 Å². The normalized spacial score (nSPS) is 18.4. The molecule has 0 bridgehead atoms. The first-order chi connectivity index (χ1) is 11.3. The molecule has 1 saturated heterocycles. The molecule has 1 aliphatic rings. The summed E-state index contributed by atoms with van der Waals surface area (Å²) in [7, 11) is -3.86. The summed E-state index contributed by atoms with van der Waals surface area (Å²) in [6, 6.07) is 3.19. The largest absolute Gasteiger partial charge is 0.480 e. The molecule has 2 rings (SSSR count). The van der Waals surface area contributed by atoms with E-state index in [1.54, 1.807) is 0 Å². The molecule has 8 nitrogen and oxygen atoms in total. The van der Waals surface area contributed by atoms with Gasteiger partial charge in [0.1, 0.15) is 5.82 Å². The van der Waals surface area contributed by atoms with Crippen molar-refractivity contribution in [3.8, 4) is 0 Å². The van der Waals surface area contributed by atoms with Crippen LogP contribution in [0.2, 0.25) is 0 Å². The molecule has 10 heteroatoms. The summed E-state index contributed by atoms with van der Waals surface area (Å²) < 4.78 is 44.1. The summed E-state index contributed by atoms with van der Waals surface area (Å²) in [5.41, 5.74) is 0. The van der Waals surface area contributed by atoms with Gasteiger partial charge in [-0.2, -0.15) is 0 Å². The zero-order chi connectivity index (χ0) is 17.7. The highest BCUT2D eigenvalue weighted by molar-refractivity contribution is 7.89. The number of nitrogens with zero attached hydrogens (tertiary/aromatic N) is 1. The van der Waals surface area contributed by atoms with Gasteiger partial charge in [0.15, 0.2) is 6.04 Å². The second kappa shape index (κ2) is 7.69. The van der Waals surface area contributed by atoms with Crippen molar-refractivity contribution in [2.75, 3.05) is 26.3 Å². The number of sulfonamides is 1. The molecule has 1 aliphatic heterocycles. The quantitative estimate of drug-likeness (QED) is 0.727. The lowest BCUT2D eigenvalue weighted by Gasteiger charge is -2.32. The number of morpholine rings is 1. The summed E-state index contributed by atoms with van der Waals surface area (Å²) >= 11 is 0. The summed E-state index contributed by atoms with van der Waals surface area (Å²) in [4.78, 5) is 24.2. The zero-order valence-electron chi connectivity index (χ0n) is 12.6. The highest BCUT2D eigenvalue weighted by Crippen LogP contribution is 2.11. The Balaban J connectivity index is 1.91. The van der Waals surface area contributed by atoms with E-state index >= 15 is 0 Å². The van der Waals surface area contributed by atoms with Crippen LogP contribution in [0.5, 0.6) is 0 Å². The Kier molecular flexibility index (Phi) is 5.86. The second-order valence-corrected chi connectivity index (χ2v) is 6.88. The summed E-state index contributed by atoms with van der Waals surface area (Å²) in [5.74, 6) is -2.21. The summed E-state index contributed by atoms with van der Waals surface area (Å²) in [5, 5.41) is 9.07. The monoisotopic (exact) mass is 360 g/mol.